The summed E-state index contributed by atoms with van der Waals surface area (Å²) in [6, 6.07) is 15.4. The Hall–Kier alpha value is -3.21. The molecule has 0 saturated carbocycles. The normalized spacial score (nSPS) is 10.7. The molecule has 0 aliphatic carbocycles. The van der Waals surface area contributed by atoms with E-state index in [0.717, 1.165) is 11.3 Å². The van der Waals surface area contributed by atoms with Crippen LogP contribution in [0.3, 0.4) is 0 Å². The molecule has 0 radical (unpaired) electrons. The van der Waals surface area contributed by atoms with E-state index in [0.29, 0.717) is 43.1 Å². The number of rotatable bonds is 8. The second-order valence-corrected chi connectivity index (χ2v) is 9.59. The predicted octanol–water partition coefficient (Wildman–Crippen LogP) is 5.87. The minimum absolute atomic E-state index is 0.0769. The van der Waals surface area contributed by atoms with E-state index >= 15 is 0 Å². The fourth-order valence-corrected chi connectivity index (χ4v) is 5.28. The van der Waals surface area contributed by atoms with Gasteiger partial charge in [0, 0.05) is 22.2 Å². The van der Waals surface area contributed by atoms with Crippen LogP contribution in [0.25, 0.3) is 5.00 Å². The van der Waals surface area contributed by atoms with Crippen LogP contribution < -0.4 is 15.4 Å². The SMILES string of the molecule is CCc1cc(C(=O)c2ccccc2Cl)c(-n2c(Br)nnc2CNC(=O)Nc2cccc(OC)c2)s1. The van der Waals surface area contributed by atoms with Crippen molar-refractivity contribution in [2.45, 2.75) is 19.9 Å². The Morgan fingerprint density at radius 3 is 2.66 bits per heavy atom. The van der Waals surface area contributed by atoms with Gasteiger partial charge in [0.25, 0.3) is 0 Å². The quantitative estimate of drug-likeness (QED) is 0.257. The molecule has 2 N–H and O–H groups in total. The number of ketones is 1. The van der Waals surface area contributed by atoms with Gasteiger partial charge in [-0.2, -0.15) is 0 Å². The molecule has 0 bridgehead atoms. The Labute approximate surface area is 219 Å². The zero-order valence-electron chi connectivity index (χ0n) is 18.8. The Morgan fingerprint density at radius 2 is 1.91 bits per heavy atom. The van der Waals surface area contributed by atoms with Crippen LogP contribution in [0.1, 0.15) is 33.5 Å². The third kappa shape index (κ3) is 5.55. The lowest BCUT2D eigenvalue weighted by Crippen LogP contribution is -2.29. The summed E-state index contributed by atoms with van der Waals surface area (Å²) in [4.78, 5) is 26.9. The zero-order valence-corrected chi connectivity index (χ0v) is 22.0. The lowest BCUT2D eigenvalue weighted by Gasteiger charge is -2.11. The number of ether oxygens (including phenoxy) is 1. The number of urea groups is 1. The number of carbonyl (C=O) groups is 2. The molecule has 2 aromatic carbocycles. The molecule has 180 valence electrons. The molecule has 2 aromatic heterocycles. The first-order valence-corrected chi connectivity index (χ1v) is 12.6. The van der Waals surface area contributed by atoms with Gasteiger partial charge in [-0.1, -0.05) is 36.7 Å². The highest BCUT2D eigenvalue weighted by molar-refractivity contribution is 9.10. The molecule has 11 heteroatoms. The number of aryl methyl sites for hydroxylation is 1. The predicted molar refractivity (Wildman–Crippen MR) is 140 cm³/mol. The molecule has 0 unspecified atom stereocenters. The number of amides is 2. The molecule has 0 aliphatic heterocycles. The average Bonchev–Trinajstić information content (AvgIpc) is 3.45. The van der Waals surface area contributed by atoms with E-state index in [-0.39, 0.29) is 12.3 Å². The van der Waals surface area contributed by atoms with Crippen molar-refractivity contribution in [2.75, 3.05) is 12.4 Å². The minimum Gasteiger partial charge on any atom is -0.497 e. The summed E-state index contributed by atoms with van der Waals surface area (Å²) in [5, 5.41) is 14.9. The third-order valence-electron chi connectivity index (χ3n) is 5.10. The van der Waals surface area contributed by atoms with Gasteiger partial charge in [0.2, 0.25) is 4.73 Å². The fraction of sp³-hybridized carbons (Fsp3) is 0.167. The number of nitrogens with one attached hydrogen (secondary N) is 2. The van der Waals surface area contributed by atoms with Gasteiger partial charge < -0.3 is 15.4 Å². The number of hydrogen-bond acceptors (Lipinski definition) is 6. The number of carbonyl (C=O) groups excluding carboxylic acids is 2. The van der Waals surface area contributed by atoms with Gasteiger partial charge in [-0.3, -0.25) is 9.36 Å². The number of aromatic nitrogens is 3. The standard InChI is InChI=1S/C24H21BrClN5O3S/c1-3-16-12-18(21(32)17-9-4-5-10-19(17)26)22(35-16)31-20(29-30-23(31)25)13-27-24(33)28-14-7-6-8-15(11-14)34-2/h4-12H,3,13H2,1-2H3,(H2,27,28,33). The van der Waals surface area contributed by atoms with Crippen molar-refractivity contribution in [2.24, 2.45) is 0 Å². The highest BCUT2D eigenvalue weighted by Gasteiger charge is 2.24. The van der Waals surface area contributed by atoms with Crippen LogP contribution in [0.4, 0.5) is 10.5 Å². The van der Waals surface area contributed by atoms with Crippen molar-refractivity contribution >= 4 is 56.4 Å². The molecular weight excluding hydrogens is 554 g/mol. The van der Waals surface area contributed by atoms with E-state index < -0.39 is 6.03 Å². The molecule has 8 nitrogen and oxygen atoms in total. The summed E-state index contributed by atoms with van der Waals surface area (Å²) in [6.07, 6.45) is 0.754. The fourth-order valence-electron chi connectivity index (χ4n) is 3.37. The van der Waals surface area contributed by atoms with Crippen LogP contribution >= 0.6 is 38.9 Å². The van der Waals surface area contributed by atoms with E-state index in [4.69, 9.17) is 16.3 Å². The van der Waals surface area contributed by atoms with Crippen molar-refractivity contribution in [1.29, 1.82) is 0 Å². The van der Waals surface area contributed by atoms with Gasteiger partial charge in [0.15, 0.2) is 11.6 Å². The summed E-state index contributed by atoms with van der Waals surface area (Å²) < 4.78 is 7.32. The van der Waals surface area contributed by atoms with Crippen LogP contribution in [0.2, 0.25) is 5.02 Å². The van der Waals surface area contributed by atoms with Crippen molar-refractivity contribution in [3.63, 3.8) is 0 Å². The van der Waals surface area contributed by atoms with Gasteiger partial charge in [-0.25, -0.2) is 4.79 Å². The number of thiophene rings is 1. The van der Waals surface area contributed by atoms with Crippen molar-refractivity contribution in [3.8, 4) is 10.8 Å². The first-order chi connectivity index (χ1) is 16.9. The van der Waals surface area contributed by atoms with Crippen LogP contribution in [-0.2, 0) is 13.0 Å². The molecular formula is C24H21BrClN5O3S. The Kier molecular flexibility index (Phi) is 7.84. The maximum Gasteiger partial charge on any atom is 0.319 e. The molecule has 0 fully saturated rings. The van der Waals surface area contributed by atoms with Crippen molar-refractivity contribution < 1.29 is 14.3 Å². The molecule has 0 spiro atoms. The molecule has 4 aromatic rings. The first-order valence-electron chi connectivity index (χ1n) is 10.6. The highest BCUT2D eigenvalue weighted by Crippen LogP contribution is 2.33. The van der Waals surface area contributed by atoms with E-state index in [9.17, 15) is 9.59 Å². The first kappa shape index (κ1) is 24.9. The molecule has 0 saturated heterocycles. The number of hydrogen-bond donors (Lipinski definition) is 2. The van der Waals surface area contributed by atoms with E-state index in [1.54, 1.807) is 60.2 Å². The monoisotopic (exact) mass is 573 g/mol. The number of nitrogens with zero attached hydrogens (tertiary/aromatic N) is 3. The van der Waals surface area contributed by atoms with Gasteiger partial charge >= 0.3 is 6.03 Å². The highest BCUT2D eigenvalue weighted by atomic mass is 79.9. The summed E-state index contributed by atoms with van der Waals surface area (Å²) in [5.74, 6) is 0.888. The minimum atomic E-state index is -0.420. The van der Waals surface area contributed by atoms with Crippen molar-refractivity contribution in [1.82, 2.24) is 20.1 Å². The molecule has 0 aliphatic rings. The van der Waals surface area contributed by atoms with E-state index in [1.165, 1.54) is 11.3 Å². The summed E-state index contributed by atoms with van der Waals surface area (Å²) in [7, 11) is 1.56. The maximum atomic E-state index is 13.4. The maximum absolute atomic E-state index is 13.4. The average molecular weight is 575 g/mol. The topological polar surface area (TPSA) is 98.1 Å². The van der Waals surface area contributed by atoms with Crippen LogP contribution in [0, 0.1) is 0 Å². The summed E-state index contributed by atoms with van der Waals surface area (Å²) >= 11 is 11.2. The molecule has 4 rings (SSSR count). The molecule has 2 amide bonds. The number of methoxy groups -OCH3 is 1. The van der Waals surface area contributed by atoms with Crippen LogP contribution in [-0.4, -0.2) is 33.7 Å². The summed E-state index contributed by atoms with van der Waals surface area (Å²) in [6.45, 7) is 2.10. The summed E-state index contributed by atoms with van der Waals surface area (Å²) in [5.41, 5.74) is 1.49. The van der Waals surface area contributed by atoms with Gasteiger partial charge in [-0.15, -0.1) is 21.5 Å². The number of benzene rings is 2. The molecule has 35 heavy (non-hydrogen) atoms. The van der Waals surface area contributed by atoms with Gasteiger partial charge in [0.1, 0.15) is 10.8 Å². The zero-order chi connectivity index (χ0) is 24.9. The molecule has 0 atom stereocenters. The third-order valence-corrected chi connectivity index (χ3v) is 7.21. The van der Waals surface area contributed by atoms with E-state index in [1.807, 2.05) is 13.0 Å². The van der Waals surface area contributed by atoms with E-state index in [2.05, 4.69) is 36.8 Å². The number of halogens is 2. The lowest BCUT2D eigenvalue weighted by molar-refractivity contribution is 0.103. The Morgan fingerprint density at radius 1 is 1.11 bits per heavy atom. The largest absolute Gasteiger partial charge is 0.497 e. The Bertz CT molecular complexity index is 1390. The lowest BCUT2D eigenvalue weighted by atomic mass is 10.0. The van der Waals surface area contributed by atoms with Gasteiger partial charge in [-0.05, 0) is 52.7 Å². The molecule has 2 heterocycles. The van der Waals surface area contributed by atoms with Crippen LogP contribution in [0.15, 0.2) is 59.3 Å². The number of anilines is 1. The Balaban J connectivity index is 1.60. The second-order valence-electron chi connectivity index (χ2n) is 7.35. The smallest absolute Gasteiger partial charge is 0.319 e. The van der Waals surface area contributed by atoms with Crippen molar-refractivity contribution in [3.05, 3.63) is 86.2 Å². The van der Waals surface area contributed by atoms with Gasteiger partial charge in [0.05, 0.1) is 24.2 Å². The van der Waals surface area contributed by atoms with Crippen LogP contribution in [0.5, 0.6) is 5.75 Å². The second kappa shape index (κ2) is 11.0.